The fourth-order valence-corrected chi connectivity index (χ4v) is 7.48. The third-order valence-corrected chi connectivity index (χ3v) is 9.76. The highest BCUT2D eigenvalue weighted by Crippen LogP contribution is 2.44. The van der Waals surface area contributed by atoms with Gasteiger partial charge in [-0.05, 0) is 70.8 Å². The number of rotatable bonds is 5. The molecule has 1 aliphatic heterocycles. The first-order valence-electron chi connectivity index (χ1n) is 16.8. The number of nitriles is 2. The quantitative estimate of drug-likeness (QED) is 0.171. The van der Waals surface area contributed by atoms with Gasteiger partial charge in [-0.25, -0.2) is 4.90 Å². The Morgan fingerprint density at radius 1 is 0.442 bits per heavy atom. The Morgan fingerprint density at radius 3 is 1.58 bits per heavy atom. The van der Waals surface area contributed by atoms with Gasteiger partial charge in [0.2, 0.25) is 0 Å². The fraction of sp³-hybridized carbons (Fsp3) is 0. The molecule has 52 heavy (non-hydrogen) atoms. The number of carbonyl (C=O) groups is 2. The van der Waals surface area contributed by atoms with Gasteiger partial charge in [-0.3, -0.25) is 9.59 Å². The predicted molar refractivity (Wildman–Crippen MR) is 204 cm³/mol. The maximum Gasteiger partial charge on any atom is 0.268 e. The van der Waals surface area contributed by atoms with E-state index in [9.17, 15) is 20.1 Å². The van der Waals surface area contributed by atoms with Crippen molar-refractivity contribution in [3.05, 3.63) is 180 Å². The highest BCUT2D eigenvalue weighted by molar-refractivity contribution is 6.36. The molecule has 1 aliphatic rings. The first-order valence-corrected chi connectivity index (χ1v) is 16.8. The van der Waals surface area contributed by atoms with Gasteiger partial charge in [0.25, 0.3) is 11.8 Å². The van der Waals surface area contributed by atoms with E-state index in [1.165, 1.54) is 4.90 Å². The van der Waals surface area contributed by atoms with Gasteiger partial charge in [-0.1, -0.05) is 109 Å². The minimum absolute atomic E-state index is 0.303. The SMILES string of the molecule is N#Cc1cccc(-c2cccc3c4cccc(-c5cccc(C#N)c5)c4n(-c4cccc5c4C(=O)N(c4cccc(-c6ccccc6)c4)C5=O)c23)c1. The van der Waals surface area contributed by atoms with Crippen LogP contribution < -0.4 is 4.90 Å². The maximum absolute atomic E-state index is 14.7. The molecule has 6 nitrogen and oxygen atoms in total. The number of aromatic nitrogens is 1. The molecule has 0 fully saturated rings. The molecule has 2 amide bonds. The molecule has 0 radical (unpaired) electrons. The molecule has 6 heteroatoms. The maximum atomic E-state index is 14.7. The van der Waals surface area contributed by atoms with E-state index in [1.54, 1.807) is 24.3 Å². The lowest BCUT2D eigenvalue weighted by molar-refractivity contribution is 0.0926. The molecule has 2 heterocycles. The topological polar surface area (TPSA) is 89.9 Å². The molecule has 0 N–H and O–H groups in total. The lowest BCUT2D eigenvalue weighted by atomic mass is 9.99. The van der Waals surface area contributed by atoms with Crippen molar-refractivity contribution in [2.24, 2.45) is 0 Å². The normalized spacial score (nSPS) is 12.2. The minimum atomic E-state index is -0.413. The minimum Gasteiger partial charge on any atom is -0.307 e. The van der Waals surface area contributed by atoms with Crippen molar-refractivity contribution in [1.29, 1.82) is 10.5 Å². The van der Waals surface area contributed by atoms with E-state index in [4.69, 9.17) is 0 Å². The summed E-state index contributed by atoms with van der Waals surface area (Å²) in [6.45, 7) is 0. The monoisotopic (exact) mass is 666 g/mol. The van der Waals surface area contributed by atoms with Gasteiger partial charge in [0.15, 0.2) is 0 Å². The first-order chi connectivity index (χ1) is 25.6. The molecular weight excluding hydrogens is 641 g/mol. The summed E-state index contributed by atoms with van der Waals surface area (Å²) < 4.78 is 2.08. The summed E-state index contributed by atoms with van der Waals surface area (Å²) in [4.78, 5) is 30.3. The molecule has 7 aromatic carbocycles. The van der Waals surface area contributed by atoms with Crippen LogP contribution in [0.4, 0.5) is 5.69 Å². The molecule has 0 unspecified atom stereocenters. The zero-order chi connectivity index (χ0) is 35.3. The van der Waals surface area contributed by atoms with Crippen LogP contribution in [0.1, 0.15) is 31.8 Å². The number of carbonyl (C=O) groups excluding carboxylic acids is 2. The van der Waals surface area contributed by atoms with Crippen LogP contribution in [0.25, 0.3) is 60.9 Å². The third-order valence-electron chi connectivity index (χ3n) is 9.76. The van der Waals surface area contributed by atoms with E-state index >= 15 is 0 Å². The summed E-state index contributed by atoms with van der Waals surface area (Å²) in [5.74, 6) is -0.805. The summed E-state index contributed by atoms with van der Waals surface area (Å²) in [6.07, 6.45) is 0. The largest absolute Gasteiger partial charge is 0.307 e. The van der Waals surface area contributed by atoms with Gasteiger partial charge < -0.3 is 4.57 Å². The molecule has 8 aromatic rings. The Kier molecular flexibility index (Phi) is 7.10. The standard InChI is InChI=1S/C46H26N4O2/c47-27-29-10-4-15-33(24-29)36-18-7-20-38-39-21-8-19-37(34-16-5-11-30(25-34)28-48)44(39)50(43(36)38)41-23-9-22-40-42(41)46(52)49(45(40)51)35-17-6-14-32(26-35)31-12-2-1-3-13-31/h1-26H. The molecule has 0 saturated carbocycles. The van der Waals surface area contributed by atoms with Gasteiger partial charge in [-0.2, -0.15) is 10.5 Å². The number of amides is 2. The summed E-state index contributed by atoms with van der Waals surface area (Å²) >= 11 is 0. The van der Waals surface area contributed by atoms with Gasteiger partial charge in [-0.15, -0.1) is 0 Å². The van der Waals surface area contributed by atoms with E-state index in [2.05, 4.69) is 28.8 Å². The van der Waals surface area contributed by atoms with Gasteiger partial charge >= 0.3 is 0 Å². The molecule has 0 saturated heterocycles. The molecule has 1 aromatic heterocycles. The van der Waals surface area contributed by atoms with Gasteiger partial charge in [0, 0.05) is 21.9 Å². The summed E-state index contributed by atoms with van der Waals surface area (Å²) in [5.41, 5.74) is 9.67. The van der Waals surface area contributed by atoms with Gasteiger partial charge in [0.1, 0.15) is 0 Å². The number of hydrogen-bond acceptors (Lipinski definition) is 4. The van der Waals surface area contributed by atoms with E-state index in [-0.39, 0.29) is 0 Å². The van der Waals surface area contributed by atoms with E-state index in [0.717, 1.165) is 55.2 Å². The van der Waals surface area contributed by atoms with Crippen molar-refractivity contribution in [3.8, 4) is 51.2 Å². The van der Waals surface area contributed by atoms with E-state index in [0.29, 0.717) is 33.6 Å². The molecule has 242 valence electrons. The number of benzene rings is 7. The van der Waals surface area contributed by atoms with Crippen LogP contribution in [0, 0.1) is 22.7 Å². The summed E-state index contributed by atoms with van der Waals surface area (Å²) in [5, 5.41) is 21.4. The van der Waals surface area contributed by atoms with Crippen molar-refractivity contribution in [1.82, 2.24) is 4.57 Å². The van der Waals surface area contributed by atoms with Crippen molar-refractivity contribution in [3.63, 3.8) is 0 Å². The van der Waals surface area contributed by atoms with Crippen LogP contribution in [-0.2, 0) is 0 Å². The Labute approximate surface area is 299 Å². The molecule has 0 atom stereocenters. The smallest absolute Gasteiger partial charge is 0.268 e. The predicted octanol–water partition coefficient (Wildman–Crippen LogP) is 10.3. The number of hydrogen-bond donors (Lipinski definition) is 0. The fourth-order valence-electron chi connectivity index (χ4n) is 7.48. The van der Waals surface area contributed by atoms with Crippen molar-refractivity contribution >= 4 is 39.3 Å². The average Bonchev–Trinajstić information content (AvgIpc) is 3.69. The van der Waals surface area contributed by atoms with Crippen LogP contribution in [0.5, 0.6) is 0 Å². The van der Waals surface area contributed by atoms with Crippen LogP contribution in [-0.4, -0.2) is 16.4 Å². The van der Waals surface area contributed by atoms with Gasteiger partial charge in [0.05, 0.1) is 56.8 Å². The number of nitrogens with zero attached hydrogens (tertiary/aromatic N) is 4. The van der Waals surface area contributed by atoms with Crippen LogP contribution in [0.15, 0.2) is 158 Å². The Morgan fingerprint density at radius 2 is 0.962 bits per heavy atom. The number of para-hydroxylation sites is 2. The molecule has 0 aliphatic carbocycles. The third kappa shape index (κ3) is 4.71. The summed E-state index contributed by atoms with van der Waals surface area (Å²) in [6, 6.07) is 54.3. The Bertz CT molecular complexity index is 2760. The number of fused-ring (bicyclic) bond motifs is 4. The van der Waals surface area contributed by atoms with E-state index in [1.807, 2.05) is 121 Å². The second kappa shape index (κ2) is 12.1. The highest BCUT2D eigenvalue weighted by Gasteiger charge is 2.39. The molecular formula is C46H26N4O2. The van der Waals surface area contributed by atoms with Crippen LogP contribution in [0.2, 0.25) is 0 Å². The average molecular weight is 667 g/mol. The Balaban J connectivity index is 1.34. The Hall–Kier alpha value is -7.54. The van der Waals surface area contributed by atoms with Crippen molar-refractivity contribution in [2.45, 2.75) is 0 Å². The van der Waals surface area contributed by atoms with E-state index < -0.39 is 11.8 Å². The second-order valence-electron chi connectivity index (χ2n) is 12.7. The molecule has 9 rings (SSSR count). The van der Waals surface area contributed by atoms with Crippen molar-refractivity contribution < 1.29 is 9.59 Å². The number of anilines is 1. The molecule has 0 bridgehead atoms. The second-order valence-corrected chi connectivity index (χ2v) is 12.7. The number of imide groups is 1. The molecule has 0 spiro atoms. The van der Waals surface area contributed by atoms with Crippen molar-refractivity contribution in [2.75, 3.05) is 4.90 Å². The van der Waals surface area contributed by atoms with Crippen LogP contribution >= 0.6 is 0 Å². The highest BCUT2D eigenvalue weighted by atomic mass is 16.2. The first kappa shape index (κ1) is 30.5. The van der Waals surface area contributed by atoms with Crippen LogP contribution in [0.3, 0.4) is 0 Å². The zero-order valence-corrected chi connectivity index (χ0v) is 27.6. The lowest BCUT2D eigenvalue weighted by Gasteiger charge is -2.17. The zero-order valence-electron chi connectivity index (χ0n) is 27.6. The lowest BCUT2D eigenvalue weighted by Crippen LogP contribution is -2.29. The summed E-state index contributed by atoms with van der Waals surface area (Å²) in [7, 11) is 0.